The van der Waals surface area contributed by atoms with Crippen molar-refractivity contribution in [1.82, 2.24) is 14.8 Å². The van der Waals surface area contributed by atoms with Crippen LogP contribution in [0.3, 0.4) is 0 Å². The zero-order valence-electron chi connectivity index (χ0n) is 11.9. The summed E-state index contributed by atoms with van der Waals surface area (Å²) in [5.74, 6) is 1.83. The lowest BCUT2D eigenvalue weighted by molar-refractivity contribution is 0.350. The largest absolute Gasteiger partial charge is 0.338 e. The van der Waals surface area contributed by atoms with E-state index in [0.29, 0.717) is 12.1 Å². The normalized spacial score (nSPS) is 29.1. The van der Waals surface area contributed by atoms with Gasteiger partial charge in [-0.05, 0) is 44.3 Å². The van der Waals surface area contributed by atoms with Gasteiger partial charge in [-0.15, -0.1) is 5.10 Å². The van der Waals surface area contributed by atoms with Crippen molar-refractivity contribution in [1.29, 1.82) is 0 Å². The summed E-state index contributed by atoms with van der Waals surface area (Å²) in [5.41, 5.74) is 0. The zero-order valence-corrected chi connectivity index (χ0v) is 12.7. The van der Waals surface area contributed by atoms with Crippen LogP contribution in [0.25, 0.3) is 0 Å². The zero-order chi connectivity index (χ0) is 13.4. The Morgan fingerprint density at radius 2 is 1.95 bits per heavy atom. The van der Waals surface area contributed by atoms with Gasteiger partial charge >= 0.3 is 0 Å². The molecule has 2 atom stereocenters. The molecule has 1 aromatic heterocycles. The van der Waals surface area contributed by atoms with Gasteiger partial charge in [0.25, 0.3) is 0 Å². The second kappa shape index (κ2) is 5.27. The van der Waals surface area contributed by atoms with Crippen molar-refractivity contribution < 1.29 is 0 Å². The molecule has 4 nitrogen and oxygen atoms in total. The minimum atomic E-state index is 0.554. The van der Waals surface area contributed by atoms with Gasteiger partial charge in [-0.1, -0.05) is 26.2 Å². The summed E-state index contributed by atoms with van der Waals surface area (Å²) in [6.45, 7) is 5.72. The molecule has 2 unspecified atom stereocenters. The molecular formula is C14H24N4S. The summed E-state index contributed by atoms with van der Waals surface area (Å²) >= 11 is 5.48. The van der Waals surface area contributed by atoms with Crippen LogP contribution in [0.1, 0.15) is 58.4 Å². The predicted molar refractivity (Wildman–Crippen MR) is 80.1 cm³/mol. The van der Waals surface area contributed by atoms with E-state index < -0.39 is 0 Å². The fraction of sp³-hybridized carbons (Fsp3) is 0.857. The molecule has 3 rings (SSSR count). The SMILES string of the molecule is CC1CC(C)N(c2n[nH]c(=S)n2C2CCCCC2)C1. The average molecular weight is 280 g/mol. The van der Waals surface area contributed by atoms with Crippen molar-refractivity contribution in [2.24, 2.45) is 5.92 Å². The average Bonchev–Trinajstić information content (AvgIpc) is 2.93. The van der Waals surface area contributed by atoms with E-state index >= 15 is 0 Å². The van der Waals surface area contributed by atoms with Crippen molar-refractivity contribution in [3.8, 4) is 0 Å². The second-order valence-corrected chi connectivity index (χ2v) is 6.72. The summed E-state index contributed by atoms with van der Waals surface area (Å²) in [4.78, 5) is 2.44. The van der Waals surface area contributed by atoms with Gasteiger partial charge in [0, 0.05) is 18.6 Å². The van der Waals surface area contributed by atoms with E-state index in [1.165, 1.54) is 38.5 Å². The van der Waals surface area contributed by atoms with Crippen LogP contribution in [-0.4, -0.2) is 27.4 Å². The lowest BCUT2D eigenvalue weighted by Crippen LogP contribution is -2.31. The molecule has 5 heteroatoms. The number of anilines is 1. The van der Waals surface area contributed by atoms with E-state index in [1.54, 1.807) is 0 Å². The van der Waals surface area contributed by atoms with E-state index in [0.717, 1.165) is 23.2 Å². The Balaban J connectivity index is 1.92. The first-order valence-corrected chi connectivity index (χ1v) is 8.01. The molecule has 0 amide bonds. The van der Waals surface area contributed by atoms with Gasteiger partial charge in [-0.3, -0.25) is 4.57 Å². The molecule has 1 aliphatic carbocycles. The molecule has 19 heavy (non-hydrogen) atoms. The van der Waals surface area contributed by atoms with Gasteiger partial charge in [0.15, 0.2) is 4.77 Å². The van der Waals surface area contributed by atoms with Gasteiger partial charge < -0.3 is 4.90 Å². The molecule has 2 aliphatic rings. The number of nitrogens with zero attached hydrogens (tertiary/aromatic N) is 3. The first-order valence-electron chi connectivity index (χ1n) is 7.60. The van der Waals surface area contributed by atoms with Crippen LogP contribution in [-0.2, 0) is 0 Å². The number of hydrogen-bond donors (Lipinski definition) is 1. The monoisotopic (exact) mass is 280 g/mol. The maximum atomic E-state index is 5.48. The van der Waals surface area contributed by atoms with Crippen LogP contribution in [0.2, 0.25) is 0 Å². The predicted octanol–water partition coefficient (Wildman–Crippen LogP) is 3.68. The maximum Gasteiger partial charge on any atom is 0.226 e. The molecular weight excluding hydrogens is 256 g/mol. The first kappa shape index (κ1) is 13.2. The van der Waals surface area contributed by atoms with Crippen molar-refractivity contribution in [3.05, 3.63) is 4.77 Å². The number of rotatable bonds is 2. The quantitative estimate of drug-likeness (QED) is 0.840. The number of hydrogen-bond acceptors (Lipinski definition) is 3. The second-order valence-electron chi connectivity index (χ2n) is 6.33. The van der Waals surface area contributed by atoms with Crippen molar-refractivity contribution >= 4 is 18.2 Å². The Morgan fingerprint density at radius 1 is 1.21 bits per heavy atom. The Labute approximate surface area is 120 Å². The molecule has 0 radical (unpaired) electrons. The minimum absolute atomic E-state index is 0.554. The van der Waals surface area contributed by atoms with Crippen molar-refractivity contribution in [2.75, 3.05) is 11.4 Å². The molecule has 106 valence electrons. The third-order valence-electron chi connectivity index (χ3n) is 4.67. The van der Waals surface area contributed by atoms with Crippen molar-refractivity contribution in [3.63, 3.8) is 0 Å². The lowest BCUT2D eigenvalue weighted by atomic mass is 9.95. The number of aromatic amines is 1. The van der Waals surface area contributed by atoms with E-state index in [9.17, 15) is 0 Å². The van der Waals surface area contributed by atoms with Gasteiger partial charge in [-0.25, -0.2) is 5.10 Å². The van der Waals surface area contributed by atoms with Gasteiger partial charge in [-0.2, -0.15) is 0 Å². The van der Waals surface area contributed by atoms with E-state index in [4.69, 9.17) is 12.2 Å². The fourth-order valence-corrected chi connectivity index (χ4v) is 4.02. The maximum absolute atomic E-state index is 5.48. The van der Waals surface area contributed by atoms with Crippen LogP contribution in [0.15, 0.2) is 0 Å². The molecule has 0 bridgehead atoms. The lowest BCUT2D eigenvalue weighted by Gasteiger charge is -2.28. The number of H-pyrrole nitrogens is 1. The highest BCUT2D eigenvalue weighted by Gasteiger charge is 2.31. The van der Waals surface area contributed by atoms with Crippen LogP contribution in [0.4, 0.5) is 5.95 Å². The van der Waals surface area contributed by atoms with Crippen LogP contribution < -0.4 is 4.90 Å². The standard InChI is InChI=1S/C14H24N4S/c1-10-8-11(2)17(9-10)13-15-16-14(19)18(13)12-6-4-3-5-7-12/h10-12H,3-9H2,1-2H3,(H,16,19). The minimum Gasteiger partial charge on any atom is -0.338 e. The smallest absolute Gasteiger partial charge is 0.226 e. The molecule has 2 fully saturated rings. The van der Waals surface area contributed by atoms with Crippen LogP contribution in [0.5, 0.6) is 0 Å². The summed E-state index contributed by atoms with van der Waals surface area (Å²) < 4.78 is 3.09. The molecule has 1 aliphatic heterocycles. The highest BCUT2D eigenvalue weighted by Crippen LogP contribution is 2.34. The highest BCUT2D eigenvalue weighted by atomic mass is 32.1. The molecule has 1 aromatic rings. The van der Waals surface area contributed by atoms with E-state index in [-0.39, 0.29) is 0 Å². The van der Waals surface area contributed by atoms with Gasteiger partial charge in [0.05, 0.1) is 0 Å². The summed E-state index contributed by atoms with van der Waals surface area (Å²) in [6, 6.07) is 1.13. The number of aromatic nitrogens is 3. The Morgan fingerprint density at radius 3 is 2.58 bits per heavy atom. The Kier molecular flexibility index (Phi) is 3.65. The summed E-state index contributed by atoms with van der Waals surface area (Å²) in [7, 11) is 0. The Bertz CT molecular complexity index is 486. The molecule has 0 spiro atoms. The summed E-state index contributed by atoms with van der Waals surface area (Å²) in [5, 5.41) is 7.55. The fourth-order valence-electron chi connectivity index (χ4n) is 3.75. The highest BCUT2D eigenvalue weighted by molar-refractivity contribution is 7.71. The molecule has 1 saturated heterocycles. The van der Waals surface area contributed by atoms with Gasteiger partial charge in [0.1, 0.15) is 0 Å². The van der Waals surface area contributed by atoms with E-state index in [1.807, 2.05) is 0 Å². The molecule has 1 saturated carbocycles. The first-order chi connectivity index (χ1) is 9.16. The number of nitrogens with one attached hydrogen (secondary N) is 1. The third kappa shape index (κ3) is 2.45. The summed E-state index contributed by atoms with van der Waals surface area (Å²) in [6.07, 6.45) is 7.77. The molecule has 0 aromatic carbocycles. The molecule has 1 N–H and O–H groups in total. The van der Waals surface area contributed by atoms with Gasteiger partial charge in [0.2, 0.25) is 5.95 Å². The third-order valence-corrected chi connectivity index (χ3v) is 4.95. The Hall–Kier alpha value is -0.840. The van der Waals surface area contributed by atoms with Crippen LogP contribution >= 0.6 is 12.2 Å². The van der Waals surface area contributed by atoms with Crippen LogP contribution in [0, 0.1) is 10.7 Å². The topological polar surface area (TPSA) is 36.9 Å². The van der Waals surface area contributed by atoms with Crippen molar-refractivity contribution in [2.45, 2.75) is 64.5 Å². The molecule has 2 heterocycles. The van der Waals surface area contributed by atoms with E-state index in [2.05, 4.69) is 33.5 Å².